The van der Waals surface area contributed by atoms with Crippen molar-refractivity contribution in [3.63, 3.8) is 0 Å². The fourth-order valence-electron chi connectivity index (χ4n) is 2.43. The Morgan fingerprint density at radius 1 is 1.24 bits per heavy atom. The highest BCUT2D eigenvalue weighted by Crippen LogP contribution is 2.22. The summed E-state index contributed by atoms with van der Waals surface area (Å²) in [7, 11) is 0. The average molecular weight is 370 g/mol. The van der Waals surface area contributed by atoms with E-state index in [0.717, 1.165) is 20.7 Å². The van der Waals surface area contributed by atoms with Gasteiger partial charge in [-0.25, -0.2) is 0 Å². The number of hydrogen-bond acceptors (Lipinski definition) is 5. The summed E-state index contributed by atoms with van der Waals surface area (Å²) in [5, 5.41) is 9.36. The Bertz CT molecular complexity index is 868. The third-order valence-electron chi connectivity index (χ3n) is 3.66. The van der Waals surface area contributed by atoms with E-state index >= 15 is 0 Å². The molecule has 0 N–H and O–H groups in total. The zero-order valence-electron chi connectivity index (χ0n) is 14.0. The maximum absolute atomic E-state index is 12.3. The van der Waals surface area contributed by atoms with Gasteiger partial charge in [0, 0.05) is 17.8 Å². The second kappa shape index (κ2) is 8.27. The quantitative estimate of drug-likeness (QED) is 0.335. The van der Waals surface area contributed by atoms with Crippen molar-refractivity contribution in [1.82, 2.24) is 14.8 Å². The van der Waals surface area contributed by atoms with Crippen molar-refractivity contribution in [2.75, 3.05) is 5.75 Å². The van der Waals surface area contributed by atoms with E-state index in [2.05, 4.69) is 28.9 Å². The summed E-state index contributed by atoms with van der Waals surface area (Å²) in [5.41, 5.74) is 1.18. The number of carbonyl (C=O) groups is 1. The molecule has 25 heavy (non-hydrogen) atoms. The summed E-state index contributed by atoms with van der Waals surface area (Å²) in [6.07, 6.45) is 2.53. The number of rotatable bonds is 8. The van der Waals surface area contributed by atoms with Gasteiger partial charge < -0.3 is 4.57 Å². The van der Waals surface area contributed by atoms with Crippen molar-refractivity contribution in [2.45, 2.75) is 25.0 Å². The third kappa shape index (κ3) is 4.46. The van der Waals surface area contributed by atoms with E-state index in [1.165, 1.54) is 28.7 Å². The van der Waals surface area contributed by atoms with Crippen LogP contribution in [-0.2, 0) is 13.0 Å². The molecular weight excluding hydrogens is 350 g/mol. The molecular formula is C19H19N3OS2. The molecule has 0 saturated heterocycles. The first kappa shape index (κ1) is 17.6. The van der Waals surface area contributed by atoms with E-state index in [0.29, 0.717) is 18.7 Å². The average Bonchev–Trinajstić information content (AvgIpc) is 3.21. The molecule has 0 radical (unpaired) electrons. The highest BCUT2D eigenvalue weighted by atomic mass is 32.2. The predicted molar refractivity (Wildman–Crippen MR) is 104 cm³/mol. The Hall–Kier alpha value is -2.18. The maximum atomic E-state index is 12.3. The number of benzene rings is 1. The van der Waals surface area contributed by atoms with Gasteiger partial charge in [0.25, 0.3) is 0 Å². The van der Waals surface area contributed by atoms with Crippen LogP contribution in [0.4, 0.5) is 0 Å². The minimum atomic E-state index is 0.126. The molecule has 0 unspecified atom stereocenters. The molecule has 0 spiro atoms. The Balaban J connectivity index is 1.72. The van der Waals surface area contributed by atoms with E-state index in [4.69, 9.17) is 0 Å². The van der Waals surface area contributed by atoms with Crippen LogP contribution in [0, 0.1) is 6.92 Å². The molecule has 0 aliphatic heterocycles. The smallest absolute Gasteiger partial charge is 0.191 e. The monoisotopic (exact) mass is 369 g/mol. The molecule has 0 fully saturated rings. The number of hydrogen-bond donors (Lipinski definition) is 0. The van der Waals surface area contributed by atoms with Gasteiger partial charge in [0.1, 0.15) is 5.82 Å². The summed E-state index contributed by atoms with van der Waals surface area (Å²) in [6, 6.07) is 14.0. The summed E-state index contributed by atoms with van der Waals surface area (Å²) >= 11 is 2.96. The maximum Gasteiger partial charge on any atom is 0.191 e. The molecule has 6 heteroatoms. The molecule has 3 aromatic rings. The highest BCUT2D eigenvalue weighted by Gasteiger charge is 2.15. The number of ketones is 1. The largest absolute Gasteiger partial charge is 0.302 e. The molecule has 1 aromatic carbocycles. The second-order valence-corrected chi connectivity index (χ2v) is 7.81. The molecule has 3 rings (SSSR count). The Morgan fingerprint density at radius 2 is 2.04 bits per heavy atom. The Labute approximate surface area is 155 Å². The fourth-order valence-corrected chi connectivity index (χ4v) is 4.18. The predicted octanol–water partition coefficient (Wildman–Crippen LogP) is 4.40. The van der Waals surface area contributed by atoms with Crippen molar-refractivity contribution in [3.05, 3.63) is 76.3 Å². The standard InChI is InChI=1S/C19H19N3OS2/c1-3-11-22-18(12-15-7-5-4-6-8-15)20-21-19(22)24-13-16(23)17-10-9-14(2)25-17/h3-10H,1,11-13H2,2H3. The molecule has 0 aliphatic carbocycles. The number of aryl methyl sites for hydroxylation is 1. The number of Topliss-reactive ketones (excluding diaryl/α,β-unsaturated/α-hetero) is 1. The molecule has 0 saturated carbocycles. The second-order valence-electron chi connectivity index (χ2n) is 5.58. The van der Waals surface area contributed by atoms with Crippen LogP contribution in [0.1, 0.15) is 25.9 Å². The summed E-state index contributed by atoms with van der Waals surface area (Å²) in [6.45, 7) is 6.45. The van der Waals surface area contributed by atoms with E-state index in [1.807, 2.05) is 47.9 Å². The van der Waals surface area contributed by atoms with Gasteiger partial charge in [0.2, 0.25) is 0 Å². The zero-order valence-corrected chi connectivity index (χ0v) is 15.6. The van der Waals surface area contributed by atoms with Crippen LogP contribution in [0.2, 0.25) is 0 Å². The third-order valence-corrected chi connectivity index (χ3v) is 5.67. The van der Waals surface area contributed by atoms with Crippen molar-refractivity contribution in [3.8, 4) is 0 Å². The lowest BCUT2D eigenvalue weighted by atomic mass is 10.1. The van der Waals surface area contributed by atoms with Gasteiger partial charge in [-0.3, -0.25) is 4.79 Å². The number of aromatic nitrogens is 3. The molecule has 0 atom stereocenters. The van der Waals surface area contributed by atoms with Crippen LogP contribution in [0.5, 0.6) is 0 Å². The number of carbonyl (C=O) groups excluding carboxylic acids is 1. The summed E-state index contributed by atoms with van der Waals surface area (Å²) < 4.78 is 2.03. The minimum Gasteiger partial charge on any atom is -0.302 e. The van der Waals surface area contributed by atoms with Crippen molar-refractivity contribution in [2.24, 2.45) is 0 Å². The van der Waals surface area contributed by atoms with Gasteiger partial charge >= 0.3 is 0 Å². The van der Waals surface area contributed by atoms with Crippen LogP contribution in [0.25, 0.3) is 0 Å². The lowest BCUT2D eigenvalue weighted by Gasteiger charge is -2.07. The van der Waals surface area contributed by atoms with E-state index in [9.17, 15) is 4.79 Å². The lowest BCUT2D eigenvalue weighted by molar-refractivity contribution is 0.102. The Morgan fingerprint density at radius 3 is 2.72 bits per heavy atom. The molecule has 4 nitrogen and oxygen atoms in total. The van der Waals surface area contributed by atoms with Gasteiger partial charge in [-0.1, -0.05) is 48.2 Å². The van der Waals surface area contributed by atoms with Crippen molar-refractivity contribution in [1.29, 1.82) is 0 Å². The Kier molecular flexibility index (Phi) is 5.83. The lowest BCUT2D eigenvalue weighted by Crippen LogP contribution is -2.06. The van der Waals surface area contributed by atoms with Gasteiger partial charge in [-0.2, -0.15) is 0 Å². The SMILES string of the molecule is C=CCn1c(Cc2ccccc2)nnc1SCC(=O)c1ccc(C)s1. The normalized spacial score (nSPS) is 10.8. The van der Waals surface area contributed by atoms with Gasteiger partial charge in [-0.05, 0) is 24.6 Å². The number of thioether (sulfide) groups is 1. The van der Waals surface area contributed by atoms with Crippen LogP contribution >= 0.6 is 23.1 Å². The summed E-state index contributed by atoms with van der Waals surface area (Å²) in [4.78, 5) is 14.3. The van der Waals surface area contributed by atoms with Gasteiger partial charge in [0.15, 0.2) is 10.9 Å². The number of thiophene rings is 1. The molecule has 2 aromatic heterocycles. The molecule has 128 valence electrons. The number of nitrogens with zero attached hydrogens (tertiary/aromatic N) is 3. The van der Waals surface area contributed by atoms with Crippen LogP contribution in [0.3, 0.4) is 0 Å². The first-order valence-electron chi connectivity index (χ1n) is 7.96. The molecule has 0 bridgehead atoms. The van der Waals surface area contributed by atoms with Crippen LogP contribution in [0.15, 0.2) is 60.3 Å². The molecule has 2 heterocycles. The first-order valence-corrected chi connectivity index (χ1v) is 9.77. The van der Waals surface area contributed by atoms with Gasteiger partial charge in [-0.15, -0.1) is 28.1 Å². The van der Waals surface area contributed by atoms with Crippen molar-refractivity contribution >= 4 is 28.9 Å². The van der Waals surface area contributed by atoms with Gasteiger partial charge in [0.05, 0.1) is 10.6 Å². The van der Waals surface area contributed by atoms with E-state index in [1.54, 1.807) is 0 Å². The van der Waals surface area contributed by atoms with E-state index in [-0.39, 0.29) is 5.78 Å². The number of allylic oxidation sites excluding steroid dienone is 1. The minimum absolute atomic E-state index is 0.126. The molecule has 0 aliphatic rings. The first-order chi connectivity index (χ1) is 12.2. The summed E-state index contributed by atoms with van der Waals surface area (Å²) in [5.74, 6) is 1.37. The van der Waals surface area contributed by atoms with Crippen LogP contribution in [-0.4, -0.2) is 26.3 Å². The fraction of sp³-hybridized carbons (Fsp3) is 0.211. The van der Waals surface area contributed by atoms with Crippen LogP contribution < -0.4 is 0 Å². The zero-order chi connectivity index (χ0) is 17.6. The topological polar surface area (TPSA) is 47.8 Å². The highest BCUT2D eigenvalue weighted by molar-refractivity contribution is 7.99. The van der Waals surface area contributed by atoms with Crippen molar-refractivity contribution < 1.29 is 4.79 Å². The van der Waals surface area contributed by atoms with E-state index < -0.39 is 0 Å². The molecule has 0 amide bonds.